The molecular weight excluding hydrogens is 799 g/mol. The molecule has 4 fully saturated rings. The molecule has 5 aromatic rings. The monoisotopic (exact) mass is 846 g/mol. The summed E-state index contributed by atoms with van der Waals surface area (Å²) in [6.07, 6.45) is 3.23. The van der Waals surface area contributed by atoms with Crippen LogP contribution in [-0.4, -0.2) is 140 Å². The minimum Gasteiger partial charge on any atom is -0.378 e. The summed E-state index contributed by atoms with van der Waals surface area (Å²) in [5.41, 5.74) is 1.90. The highest BCUT2D eigenvalue weighted by Crippen LogP contribution is 2.30. The maximum atomic E-state index is 14.2. The number of alkyl halides is 2. The van der Waals surface area contributed by atoms with Crippen molar-refractivity contribution in [3.8, 4) is 0 Å². The zero-order valence-electron chi connectivity index (χ0n) is 33.9. The number of hydrogen-bond donors (Lipinski definition) is 2. The third kappa shape index (κ3) is 8.14. The summed E-state index contributed by atoms with van der Waals surface area (Å²) in [6.45, 7) is 5.60. The number of aryl methyl sites for hydroxylation is 1. The molecule has 1 unspecified atom stereocenters. The molecule has 2 N–H and O–H groups in total. The third-order valence-corrected chi connectivity index (χ3v) is 12.2. The molecule has 324 valence electrons. The Kier molecular flexibility index (Phi) is 11.4. The number of carbonyl (C=O) groups excluding carboxylic acids is 3. The Hall–Kier alpha value is -5.61. The van der Waals surface area contributed by atoms with Gasteiger partial charge in [0.05, 0.1) is 55.4 Å². The molecule has 4 aliphatic rings. The Morgan fingerprint density at radius 2 is 1.82 bits per heavy atom. The topological polar surface area (TPSA) is 188 Å². The zero-order chi connectivity index (χ0) is 42.4. The molecule has 8 heterocycles. The summed E-state index contributed by atoms with van der Waals surface area (Å²) < 4.78 is 52.0. The fourth-order valence-electron chi connectivity index (χ4n) is 8.84. The largest absolute Gasteiger partial charge is 0.378 e. The highest BCUT2D eigenvalue weighted by atomic mass is 19.3. The van der Waals surface area contributed by atoms with E-state index >= 15 is 0 Å². The number of morpholine rings is 1. The lowest BCUT2D eigenvalue weighted by atomic mass is 10.0. The maximum absolute atomic E-state index is 14.2. The lowest BCUT2D eigenvalue weighted by Gasteiger charge is -2.39. The van der Waals surface area contributed by atoms with Crippen molar-refractivity contribution >= 4 is 45.9 Å². The summed E-state index contributed by atoms with van der Waals surface area (Å²) in [5.74, 6) is -0.758. The second-order valence-electron chi connectivity index (χ2n) is 16.0. The van der Waals surface area contributed by atoms with Crippen LogP contribution in [0.1, 0.15) is 65.8 Å². The lowest BCUT2D eigenvalue weighted by molar-refractivity contribution is -0.206. The molecule has 4 aromatic heterocycles. The van der Waals surface area contributed by atoms with Crippen LogP contribution in [0.5, 0.6) is 0 Å². The first-order valence-corrected chi connectivity index (χ1v) is 20.6. The quantitative estimate of drug-likeness (QED) is 0.184. The van der Waals surface area contributed by atoms with E-state index in [1.807, 2.05) is 30.1 Å². The molecule has 0 radical (unpaired) electrons. The third-order valence-electron chi connectivity index (χ3n) is 12.2. The number of likely N-dealkylation sites (tertiary alicyclic amines) is 1. The van der Waals surface area contributed by atoms with E-state index < -0.39 is 42.3 Å². The number of halogens is 2. The Morgan fingerprint density at radius 3 is 2.56 bits per heavy atom. The number of nitrogens with one attached hydrogen (secondary N) is 2. The molecule has 3 amide bonds. The van der Waals surface area contributed by atoms with E-state index in [2.05, 4.69) is 35.6 Å². The van der Waals surface area contributed by atoms with E-state index in [1.54, 1.807) is 23.9 Å². The van der Waals surface area contributed by atoms with E-state index in [-0.39, 0.29) is 54.9 Å². The summed E-state index contributed by atoms with van der Waals surface area (Å²) in [5, 5.41) is 13.3. The van der Waals surface area contributed by atoms with Crippen molar-refractivity contribution in [3.05, 3.63) is 70.2 Å². The van der Waals surface area contributed by atoms with Crippen LogP contribution in [0.2, 0.25) is 0 Å². The van der Waals surface area contributed by atoms with E-state index in [9.17, 15) is 28.0 Å². The molecule has 19 nitrogen and oxygen atoms in total. The number of nitrogens with zero attached hydrogens (tertiary/aromatic N) is 10. The zero-order valence-corrected chi connectivity index (χ0v) is 33.9. The number of amides is 3. The number of carbonyl (C=O) groups is 3. The maximum Gasteiger partial charge on any atom is 0.329 e. The van der Waals surface area contributed by atoms with Crippen LogP contribution in [0.25, 0.3) is 16.7 Å². The molecule has 0 aliphatic carbocycles. The number of anilines is 2. The Labute approximate surface area is 348 Å². The van der Waals surface area contributed by atoms with E-state index in [0.717, 1.165) is 37.0 Å². The van der Waals surface area contributed by atoms with Gasteiger partial charge in [0.2, 0.25) is 11.8 Å². The highest BCUT2D eigenvalue weighted by Gasteiger charge is 2.34. The number of likely N-dealkylation sites (N-methyl/N-ethyl adjacent to an activating group) is 1. The lowest BCUT2D eigenvalue weighted by Crippen LogP contribution is -2.47. The van der Waals surface area contributed by atoms with Crippen LogP contribution >= 0.6 is 0 Å². The van der Waals surface area contributed by atoms with Gasteiger partial charge in [-0.2, -0.15) is 10.2 Å². The average Bonchev–Trinajstić information content (AvgIpc) is 3.96. The van der Waals surface area contributed by atoms with Crippen molar-refractivity contribution in [1.29, 1.82) is 0 Å². The van der Waals surface area contributed by atoms with Crippen LogP contribution < -0.4 is 21.2 Å². The van der Waals surface area contributed by atoms with Gasteiger partial charge in [-0.15, -0.1) is 0 Å². The van der Waals surface area contributed by atoms with Crippen LogP contribution in [0.3, 0.4) is 0 Å². The molecule has 61 heavy (non-hydrogen) atoms. The molecule has 1 aromatic carbocycles. The first-order chi connectivity index (χ1) is 29.5. The van der Waals surface area contributed by atoms with E-state index in [0.29, 0.717) is 56.4 Å². The van der Waals surface area contributed by atoms with Gasteiger partial charge in [-0.05, 0) is 57.1 Å². The smallest absolute Gasteiger partial charge is 0.329 e. The number of imidazole rings is 1. The van der Waals surface area contributed by atoms with Gasteiger partial charge in [0, 0.05) is 58.1 Å². The van der Waals surface area contributed by atoms with Gasteiger partial charge in [0.1, 0.15) is 17.4 Å². The second-order valence-corrected chi connectivity index (χ2v) is 16.0. The van der Waals surface area contributed by atoms with Crippen molar-refractivity contribution in [2.75, 3.05) is 76.4 Å². The van der Waals surface area contributed by atoms with Gasteiger partial charge in [-0.3, -0.25) is 43.3 Å². The normalized spacial score (nSPS) is 22.2. The Balaban J connectivity index is 0.780. The van der Waals surface area contributed by atoms with Crippen LogP contribution in [0.15, 0.2) is 47.7 Å². The van der Waals surface area contributed by atoms with Crippen molar-refractivity contribution < 1.29 is 37.4 Å². The SMILES string of the molecule is CN(CC1OCC(n2cc(NC(=O)c3cnn4ccc(N5CCOCC5)nc34)c(C(F)F)n2)CO1)C1CCN(Cc2cccc3c2n(C)c(=O)n3C2CCC(=O)NC2=O)CC1. The number of fused-ring (bicyclic) bond motifs is 2. The van der Waals surface area contributed by atoms with Gasteiger partial charge in [0.25, 0.3) is 12.3 Å². The van der Waals surface area contributed by atoms with Gasteiger partial charge < -0.3 is 24.4 Å². The van der Waals surface area contributed by atoms with Crippen LogP contribution in [0.4, 0.5) is 20.3 Å². The number of piperidine rings is 2. The molecule has 4 aliphatic heterocycles. The molecular formula is C40H48F2N12O7. The van der Waals surface area contributed by atoms with Gasteiger partial charge in [-0.25, -0.2) is 23.1 Å². The number of para-hydroxylation sites is 1. The van der Waals surface area contributed by atoms with Crippen molar-refractivity contribution in [1.82, 2.24) is 48.6 Å². The number of benzene rings is 1. The number of imide groups is 1. The molecule has 0 bridgehead atoms. The standard InChI is InChI=1S/C40H48F2N12O7/c1-48(25-8-11-50(12-9-25)19-24-4-3-5-29-35(24)49(2)40(58)54(29)30-6-7-32(55)46-39(30)57)21-33-60-22-26(23-61-33)53-20-28(34(47-53)36(41)42)44-38(56)27-18-43-52-13-10-31(45-37(27)52)51-14-16-59-17-15-51/h3-5,10,13,18,20,25-26,30,33,36H,6-9,11-12,14-17,19,21-23H2,1-2H3,(H,44,56)(H,46,55,57). The molecule has 1 atom stereocenters. The second kappa shape index (κ2) is 17.0. The van der Waals surface area contributed by atoms with Crippen molar-refractivity contribution in [2.24, 2.45) is 7.05 Å². The molecule has 0 saturated carbocycles. The van der Waals surface area contributed by atoms with Crippen LogP contribution in [0, 0.1) is 0 Å². The minimum absolute atomic E-state index is 0.122. The summed E-state index contributed by atoms with van der Waals surface area (Å²) >= 11 is 0. The Morgan fingerprint density at radius 1 is 1.05 bits per heavy atom. The molecule has 9 rings (SSSR count). The van der Waals surface area contributed by atoms with Crippen molar-refractivity contribution in [2.45, 2.75) is 63.1 Å². The molecule has 0 spiro atoms. The summed E-state index contributed by atoms with van der Waals surface area (Å²) in [4.78, 5) is 62.5. The first kappa shape index (κ1) is 40.8. The number of aromatic nitrogens is 7. The van der Waals surface area contributed by atoms with E-state index in [1.165, 1.54) is 26.2 Å². The van der Waals surface area contributed by atoms with E-state index in [4.69, 9.17) is 14.2 Å². The predicted octanol–water partition coefficient (Wildman–Crippen LogP) is 2.09. The average molecular weight is 847 g/mol. The first-order valence-electron chi connectivity index (χ1n) is 20.6. The molecule has 21 heteroatoms. The number of ether oxygens (including phenoxy) is 3. The van der Waals surface area contributed by atoms with Gasteiger partial charge >= 0.3 is 5.69 Å². The number of hydrogen-bond acceptors (Lipinski definition) is 13. The van der Waals surface area contributed by atoms with Crippen LogP contribution in [-0.2, 0) is 37.4 Å². The van der Waals surface area contributed by atoms with Gasteiger partial charge in [0.15, 0.2) is 17.6 Å². The number of rotatable bonds is 11. The fourth-order valence-corrected chi connectivity index (χ4v) is 8.84. The molecule has 4 saturated heterocycles. The minimum atomic E-state index is -2.95. The summed E-state index contributed by atoms with van der Waals surface area (Å²) in [6, 6.07) is 6.61. The predicted molar refractivity (Wildman–Crippen MR) is 215 cm³/mol. The van der Waals surface area contributed by atoms with Crippen molar-refractivity contribution in [3.63, 3.8) is 0 Å². The Bertz CT molecular complexity index is 2500. The fraction of sp³-hybridized carbons (Fsp3) is 0.525. The highest BCUT2D eigenvalue weighted by molar-refractivity contribution is 6.08. The van der Waals surface area contributed by atoms with Gasteiger partial charge in [-0.1, -0.05) is 12.1 Å². The summed E-state index contributed by atoms with van der Waals surface area (Å²) in [7, 11) is 3.75.